The maximum Gasteiger partial charge on any atom is 0.226 e. The first kappa shape index (κ1) is 14.5. The number of hydrogen-bond donors (Lipinski definition) is 1. The van der Waals surface area contributed by atoms with Gasteiger partial charge in [0.25, 0.3) is 0 Å². The number of anilines is 1. The Kier molecular flexibility index (Phi) is 4.29. The van der Waals surface area contributed by atoms with Crippen LogP contribution >= 0.6 is 11.3 Å². The Morgan fingerprint density at radius 3 is 2.73 bits per heavy atom. The van der Waals surface area contributed by atoms with Crippen molar-refractivity contribution in [3.05, 3.63) is 53.2 Å². The standard InChI is InChI=1S/C16H15N3O2S/c1-11-18-19-16(22-11)17-15(20)10-8-13-7-9-14(21-13)12-5-3-2-4-6-12/h2-7,9H,8,10H2,1H3,(H,17,19,20). The number of carbonyl (C=O) groups is 1. The van der Waals surface area contributed by atoms with E-state index < -0.39 is 0 Å². The molecule has 0 fully saturated rings. The minimum absolute atomic E-state index is 0.0891. The Hall–Kier alpha value is -2.47. The molecule has 2 heterocycles. The molecule has 0 bridgehead atoms. The van der Waals surface area contributed by atoms with Gasteiger partial charge in [0, 0.05) is 18.4 Å². The molecule has 0 saturated heterocycles. The van der Waals surface area contributed by atoms with Crippen LogP contribution in [0.4, 0.5) is 5.13 Å². The zero-order chi connectivity index (χ0) is 15.4. The molecule has 0 radical (unpaired) electrons. The van der Waals surface area contributed by atoms with Gasteiger partial charge >= 0.3 is 0 Å². The number of aryl methyl sites for hydroxylation is 2. The molecule has 22 heavy (non-hydrogen) atoms. The molecule has 0 spiro atoms. The van der Waals surface area contributed by atoms with Crippen molar-refractivity contribution in [3.63, 3.8) is 0 Å². The van der Waals surface area contributed by atoms with Crippen LogP contribution < -0.4 is 5.32 Å². The van der Waals surface area contributed by atoms with E-state index in [0.29, 0.717) is 18.0 Å². The van der Waals surface area contributed by atoms with Crippen LogP contribution in [0.15, 0.2) is 46.9 Å². The minimum Gasteiger partial charge on any atom is -0.461 e. The fraction of sp³-hybridized carbons (Fsp3) is 0.188. The lowest BCUT2D eigenvalue weighted by Gasteiger charge is -2.00. The highest BCUT2D eigenvalue weighted by Crippen LogP contribution is 2.22. The van der Waals surface area contributed by atoms with E-state index in [9.17, 15) is 4.79 Å². The minimum atomic E-state index is -0.0891. The van der Waals surface area contributed by atoms with E-state index in [1.165, 1.54) is 11.3 Å². The van der Waals surface area contributed by atoms with Crippen LogP contribution in [-0.2, 0) is 11.2 Å². The molecular formula is C16H15N3O2S. The number of rotatable bonds is 5. The summed E-state index contributed by atoms with van der Waals surface area (Å²) in [6.07, 6.45) is 0.900. The third-order valence-electron chi connectivity index (χ3n) is 3.09. The van der Waals surface area contributed by atoms with Crippen molar-refractivity contribution in [3.8, 4) is 11.3 Å². The summed E-state index contributed by atoms with van der Waals surface area (Å²) < 4.78 is 5.77. The molecule has 2 aromatic heterocycles. The Morgan fingerprint density at radius 2 is 2.00 bits per heavy atom. The van der Waals surface area contributed by atoms with Crippen molar-refractivity contribution in [2.75, 3.05) is 5.32 Å². The Labute approximate surface area is 132 Å². The Bertz CT molecular complexity index is 765. The van der Waals surface area contributed by atoms with E-state index >= 15 is 0 Å². The van der Waals surface area contributed by atoms with Crippen molar-refractivity contribution in [2.24, 2.45) is 0 Å². The number of furan rings is 1. The van der Waals surface area contributed by atoms with Crippen LogP contribution in [0, 0.1) is 6.92 Å². The molecule has 0 aliphatic rings. The number of nitrogens with zero attached hydrogens (tertiary/aromatic N) is 2. The van der Waals surface area contributed by atoms with Gasteiger partial charge in [-0.1, -0.05) is 41.7 Å². The number of hydrogen-bond acceptors (Lipinski definition) is 5. The largest absolute Gasteiger partial charge is 0.461 e. The second-order valence-corrected chi connectivity index (χ2v) is 5.99. The number of carbonyl (C=O) groups excluding carboxylic acids is 1. The van der Waals surface area contributed by atoms with Crippen molar-refractivity contribution >= 4 is 22.4 Å². The maximum absolute atomic E-state index is 11.9. The smallest absolute Gasteiger partial charge is 0.226 e. The van der Waals surface area contributed by atoms with Crippen LogP contribution in [0.3, 0.4) is 0 Å². The Balaban J connectivity index is 1.56. The van der Waals surface area contributed by atoms with Crippen LogP contribution in [-0.4, -0.2) is 16.1 Å². The van der Waals surface area contributed by atoms with Gasteiger partial charge in [-0.2, -0.15) is 0 Å². The molecular weight excluding hydrogens is 298 g/mol. The molecule has 1 aromatic carbocycles. The molecule has 0 unspecified atom stereocenters. The van der Waals surface area contributed by atoms with Gasteiger partial charge in [-0.3, -0.25) is 4.79 Å². The number of aromatic nitrogens is 2. The van der Waals surface area contributed by atoms with E-state index in [1.54, 1.807) is 0 Å². The lowest BCUT2D eigenvalue weighted by molar-refractivity contribution is -0.116. The fourth-order valence-electron chi connectivity index (χ4n) is 2.04. The third kappa shape index (κ3) is 3.59. The van der Waals surface area contributed by atoms with Gasteiger partial charge in [0.1, 0.15) is 16.5 Å². The third-order valence-corrected chi connectivity index (χ3v) is 3.84. The van der Waals surface area contributed by atoms with Gasteiger partial charge in [0.15, 0.2) is 0 Å². The molecule has 6 heteroatoms. The van der Waals surface area contributed by atoms with E-state index in [0.717, 1.165) is 22.1 Å². The molecule has 1 amide bonds. The zero-order valence-electron chi connectivity index (χ0n) is 12.1. The van der Waals surface area contributed by atoms with Crippen molar-refractivity contribution in [1.82, 2.24) is 10.2 Å². The summed E-state index contributed by atoms with van der Waals surface area (Å²) in [6, 6.07) is 13.7. The first-order chi connectivity index (χ1) is 10.7. The number of nitrogens with one attached hydrogen (secondary N) is 1. The van der Waals surface area contributed by atoms with Gasteiger partial charge in [0.05, 0.1) is 0 Å². The van der Waals surface area contributed by atoms with Gasteiger partial charge in [-0.25, -0.2) is 0 Å². The molecule has 112 valence electrons. The van der Waals surface area contributed by atoms with Crippen LogP contribution in [0.5, 0.6) is 0 Å². The van der Waals surface area contributed by atoms with Crippen LogP contribution in [0.1, 0.15) is 17.2 Å². The summed E-state index contributed by atoms with van der Waals surface area (Å²) in [5, 5.41) is 11.8. The van der Waals surface area contributed by atoms with Crippen molar-refractivity contribution in [1.29, 1.82) is 0 Å². The normalized spacial score (nSPS) is 10.6. The maximum atomic E-state index is 11.9. The molecule has 0 aliphatic carbocycles. The van der Waals surface area contributed by atoms with Crippen molar-refractivity contribution in [2.45, 2.75) is 19.8 Å². The average Bonchev–Trinajstić information content (AvgIpc) is 3.15. The second kappa shape index (κ2) is 6.53. The van der Waals surface area contributed by atoms with Gasteiger partial charge in [0.2, 0.25) is 11.0 Å². The van der Waals surface area contributed by atoms with Crippen LogP contribution in [0.2, 0.25) is 0 Å². The summed E-state index contributed by atoms with van der Waals surface area (Å²) in [4.78, 5) is 11.9. The monoisotopic (exact) mass is 313 g/mol. The topological polar surface area (TPSA) is 68.0 Å². The summed E-state index contributed by atoms with van der Waals surface area (Å²) >= 11 is 1.36. The zero-order valence-corrected chi connectivity index (χ0v) is 12.9. The molecule has 0 atom stereocenters. The van der Waals surface area contributed by atoms with Crippen molar-refractivity contribution < 1.29 is 9.21 Å². The molecule has 5 nitrogen and oxygen atoms in total. The quantitative estimate of drug-likeness (QED) is 0.780. The first-order valence-corrected chi connectivity index (χ1v) is 7.76. The van der Waals surface area contributed by atoms with E-state index in [2.05, 4.69) is 15.5 Å². The highest BCUT2D eigenvalue weighted by Gasteiger charge is 2.09. The summed E-state index contributed by atoms with van der Waals surface area (Å²) in [7, 11) is 0. The molecule has 0 aliphatic heterocycles. The molecule has 1 N–H and O–H groups in total. The van der Waals surface area contributed by atoms with Crippen LogP contribution in [0.25, 0.3) is 11.3 Å². The summed E-state index contributed by atoms with van der Waals surface area (Å²) in [5.74, 6) is 1.52. The highest BCUT2D eigenvalue weighted by atomic mass is 32.1. The van der Waals surface area contributed by atoms with E-state index in [-0.39, 0.29) is 5.91 Å². The second-order valence-electron chi connectivity index (χ2n) is 4.81. The first-order valence-electron chi connectivity index (χ1n) is 6.95. The van der Waals surface area contributed by atoms with Gasteiger partial charge in [-0.05, 0) is 19.1 Å². The summed E-state index contributed by atoms with van der Waals surface area (Å²) in [6.45, 7) is 1.85. The predicted molar refractivity (Wildman–Crippen MR) is 85.7 cm³/mol. The number of amides is 1. The summed E-state index contributed by atoms with van der Waals surface area (Å²) in [5.41, 5.74) is 1.03. The van der Waals surface area contributed by atoms with E-state index in [4.69, 9.17) is 4.42 Å². The Morgan fingerprint density at radius 1 is 1.18 bits per heavy atom. The highest BCUT2D eigenvalue weighted by molar-refractivity contribution is 7.15. The number of benzene rings is 1. The fourth-order valence-corrected chi connectivity index (χ4v) is 2.64. The molecule has 3 aromatic rings. The van der Waals surface area contributed by atoms with Gasteiger partial charge < -0.3 is 9.73 Å². The average molecular weight is 313 g/mol. The lowest BCUT2D eigenvalue weighted by atomic mass is 10.2. The SMILES string of the molecule is Cc1nnc(NC(=O)CCc2ccc(-c3ccccc3)o2)s1. The van der Waals surface area contributed by atoms with Gasteiger partial charge in [-0.15, -0.1) is 10.2 Å². The lowest BCUT2D eigenvalue weighted by Crippen LogP contribution is -2.11. The van der Waals surface area contributed by atoms with E-state index in [1.807, 2.05) is 49.4 Å². The predicted octanol–water partition coefficient (Wildman–Crippen LogP) is 3.68. The molecule has 0 saturated carbocycles. The molecule has 3 rings (SSSR count).